The number of rotatable bonds is 10. The van der Waals surface area contributed by atoms with Crippen molar-refractivity contribution in [2.75, 3.05) is 6.61 Å². The van der Waals surface area contributed by atoms with Gasteiger partial charge in [0.05, 0.1) is 6.61 Å². The molecule has 3 nitrogen and oxygen atoms in total. The maximum atomic E-state index is 11.5. The van der Waals surface area contributed by atoms with Gasteiger partial charge in [0.2, 0.25) is 0 Å². The van der Waals surface area contributed by atoms with Crippen LogP contribution >= 0.6 is 0 Å². The van der Waals surface area contributed by atoms with Gasteiger partial charge in [0.15, 0.2) is 0 Å². The van der Waals surface area contributed by atoms with E-state index in [-0.39, 0.29) is 5.97 Å². The second-order valence-electron chi connectivity index (χ2n) is 5.85. The Balaban J connectivity index is 1.67. The van der Waals surface area contributed by atoms with Crippen molar-refractivity contribution in [2.24, 2.45) is 0 Å². The number of ether oxygens (including phenoxy) is 2. The highest BCUT2D eigenvalue weighted by Crippen LogP contribution is 2.14. The third-order valence-electron chi connectivity index (χ3n) is 3.81. The smallest absolute Gasteiger partial charge is 0.305 e. The molecule has 0 saturated heterocycles. The quantitative estimate of drug-likeness (QED) is 0.458. The Morgan fingerprint density at radius 3 is 2.38 bits per heavy atom. The standard InChI is InChI=1S/C21H26O3/c1-2-3-5-10-21(22)23-16-15-18-11-13-20(14-12-18)24-17-19-8-6-4-7-9-19/h4,6-9,11-14H,2-3,5,10,15-17H2,1H3. The number of hydrogen-bond acceptors (Lipinski definition) is 3. The maximum absolute atomic E-state index is 11.5. The molecule has 0 aromatic heterocycles. The van der Waals surface area contributed by atoms with E-state index in [0.29, 0.717) is 19.6 Å². The number of esters is 1. The Bertz CT molecular complexity index is 590. The Kier molecular flexibility index (Phi) is 7.88. The lowest BCUT2D eigenvalue weighted by Crippen LogP contribution is -2.07. The Morgan fingerprint density at radius 1 is 0.917 bits per heavy atom. The van der Waals surface area contributed by atoms with Gasteiger partial charge in [-0.15, -0.1) is 0 Å². The van der Waals surface area contributed by atoms with Crippen LogP contribution in [-0.2, 0) is 22.6 Å². The number of unbranched alkanes of at least 4 members (excludes halogenated alkanes) is 2. The van der Waals surface area contributed by atoms with E-state index in [2.05, 4.69) is 6.92 Å². The van der Waals surface area contributed by atoms with Crippen LogP contribution in [0.5, 0.6) is 5.75 Å². The van der Waals surface area contributed by atoms with Gasteiger partial charge in [0, 0.05) is 12.8 Å². The van der Waals surface area contributed by atoms with E-state index in [4.69, 9.17) is 9.47 Å². The van der Waals surface area contributed by atoms with Gasteiger partial charge < -0.3 is 9.47 Å². The van der Waals surface area contributed by atoms with Crippen LogP contribution in [0.4, 0.5) is 0 Å². The van der Waals surface area contributed by atoms with Crippen molar-refractivity contribution in [2.45, 2.75) is 45.6 Å². The van der Waals surface area contributed by atoms with Gasteiger partial charge in [-0.1, -0.05) is 62.2 Å². The third-order valence-corrected chi connectivity index (χ3v) is 3.81. The van der Waals surface area contributed by atoms with Crippen LogP contribution in [0.1, 0.15) is 43.7 Å². The van der Waals surface area contributed by atoms with Gasteiger partial charge in [0.1, 0.15) is 12.4 Å². The molecule has 0 atom stereocenters. The summed E-state index contributed by atoms with van der Waals surface area (Å²) in [6, 6.07) is 18.1. The second kappa shape index (κ2) is 10.5. The first-order valence-corrected chi connectivity index (χ1v) is 8.69. The fourth-order valence-electron chi connectivity index (χ4n) is 2.37. The Morgan fingerprint density at radius 2 is 1.67 bits per heavy atom. The average molecular weight is 326 g/mol. The Hall–Kier alpha value is -2.29. The molecule has 2 rings (SSSR count). The molecule has 0 fully saturated rings. The molecule has 0 aliphatic heterocycles. The molecule has 128 valence electrons. The zero-order valence-electron chi connectivity index (χ0n) is 14.4. The number of benzene rings is 2. The zero-order valence-corrected chi connectivity index (χ0v) is 14.4. The lowest BCUT2D eigenvalue weighted by atomic mass is 10.1. The molecule has 2 aromatic carbocycles. The first kappa shape index (κ1) is 18.1. The molecular formula is C21H26O3. The predicted octanol–water partition coefficient (Wildman–Crippen LogP) is 4.93. The van der Waals surface area contributed by atoms with Gasteiger partial charge >= 0.3 is 5.97 Å². The summed E-state index contributed by atoms with van der Waals surface area (Å²) in [4.78, 5) is 11.5. The van der Waals surface area contributed by atoms with E-state index in [9.17, 15) is 4.79 Å². The van der Waals surface area contributed by atoms with Crippen LogP contribution in [-0.4, -0.2) is 12.6 Å². The molecule has 0 N–H and O–H groups in total. The van der Waals surface area contributed by atoms with Gasteiger partial charge in [-0.05, 0) is 29.7 Å². The van der Waals surface area contributed by atoms with E-state index in [1.165, 1.54) is 0 Å². The van der Waals surface area contributed by atoms with Gasteiger partial charge in [-0.25, -0.2) is 0 Å². The highest BCUT2D eigenvalue weighted by atomic mass is 16.5. The minimum Gasteiger partial charge on any atom is -0.489 e. The normalized spacial score (nSPS) is 10.4. The lowest BCUT2D eigenvalue weighted by Gasteiger charge is -2.08. The summed E-state index contributed by atoms with van der Waals surface area (Å²) in [6.07, 6.45) is 4.38. The van der Waals surface area contributed by atoms with Gasteiger partial charge in [-0.3, -0.25) is 4.79 Å². The van der Waals surface area contributed by atoms with Crippen molar-refractivity contribution in [1.82, 2.24) is 0 Å². The first-order chi connectivity index (χ1) is 11.8. The highest BCUT2D eigenvalue weighted by molar-refractivity contribution is 5.69. The summed E-state index contributed by atoms with van der Waals surface area (Å²) >= 11 is 0. The SMILES string of the molecule is CCCCCC(=O)OCCc1ccc(OCc2ccccc2)cc1. The number of carbonyl (C=O) groups excluding carboxylic acids is 1. The molecular weight excluding hydrogens is 300 g/mol. The average Bonchev–Trinajstić information content (AvgIpc) is 2.62. The van der Waals surface area contributed by atoms with Gasteiger partial charge in [0.25, 0.3) is 0 Å². The van der Waals surface area contributed by atoms with Crippen LogP contribution < -0.4 is 4.74 Å². The van der Waals surface area contributed by atoms with E-state index >= 15 is 0 Å². The molecule has 0 aliphatic rings. The van der Waals surface area contributed by atoms with Crippen molar-refractivity contribution in [1.29, 1.82) is 0 Å². The van der Waals surface area contributed by atoms with Crippen molar-refractivity contribution < 1.29 is 14.3 Å². The summed E-state index contributed by atoms with van der Waals surface area (Å²) in [5.41, 5.74) is 2.29. The molecule has 2 aromatic rings. The van der Waals surface area contributed by atoms with E-state index < -0.39 is 0 Å². The second-order valence-corrected chi connectivity index (χ2v) is 5.85. The molecule has 0 radical (unpaired) electrons. The fourth-order valence-corrected chi connectivity index (χ4v) is 2.37. The van der Waals surface area contributed by atoms with E-state index in [1.807, 2.05) is 54.6 Å². The van der Waals surface area contributed by atoms with Crippen LogP contribution in [0.15, 0.2) is 54.6 Å². The van der Waals surface area contributed by atoms with E-state index in [1.54, 1.807) is 0 Å². The topological polar surface area (TPSA) is 35.5 Å². The van der Waals surface area contributed by atoms with Gasteiger partial charge in [-0.2, -0.15) is 0 Å². The Labute approximate surface area is 144 Å². The first-order valence-electron chi connectivity index (χ1n) is 8.69. The monoisotopic (exact) mass is 326 g/mol. The van der Waals surface area contributed by atoms with Crippen LogP contribution in [0.3, 0.4) is 0 Å². The molecule has 0 saturated carbocycles. The third kappa shape index (κ3) is 6.86. The molecule has 0 heterocycles. The fraction of sp³-hybridized carbons (Fsp3) is 0.381. The molecule has 3 heteroatoms. The minimum atomic E-state index is -0.0914. The van der Waals surface area contributed by atoms with Crippen LogP contribution in [0.25, 0.3) is 0 Å². The van der Waals surface area contributed by atoms with Crippen LogP contribution in [0.2, 0.25) is 0 Å². The summed E-state index contributed by atoms with van der Waals surface area (Å²) in [5, 5.41) is 0. The predicted molar refractivity (Wildman–Crippen MR) is 96.0 cm³/mol. The van der Waals surface area contributed by atoms with E-state index in [0.717, 1.165) is 42.6 Å². The maximum Gasteiger partial charge on any atom is 0.305 e. The molecule has 0 bridgehead atoms. The number of hydrogen-bond donors (Lipinski definition) is 0. The molecule has 0 aliphatic carbocycles. The number of carbonyl (C=O) groups is 1. The molecule has 0 spiro atoms. The molecule has 24 heavy (non-hydrogen) atoms. The van der Waals surface area contributed by atoms with Crippen LogP contribution in [0, 0.1) is 0 Å². The van der Waals surface area contributed by atoms with Crippen molar-refractivity contribution >= 4 is 5.97 Å². The van der Waals surface area contributed by atoms with Crippen molar-refractivity contribution in [3.63, 3.8) is 0 Å². The minimum absolute atomic E-state index is 0.0914. The summed E-state index contributed by atoms with van der Waals surface area (Å²) in [6.45, 7) is 3.13. The highest BCUT2D eigenvalue weighted by Gasteiger charge is 2.03. The summed E-state index contributed by atoms with van der Waals surface area (Å²) in [7, 11) is 0. The summed E-state index contributed by atoms with van der Waals surface area (Å²) in [5.74, 6) is 0.755. The largest absolute Gasteiger partial charge is 0.489 e. The summed E-state index contributed by atoms with van der Waals surface area (Å²) < 4.78 is 11.0. The molecule has 0 amide bonds. The molecule has 0 unspecified atom stereocenters. The van der Waals surface area contributed by atoms with Crippen molar-refractivity contribution in [3.8, 4) is 5.75 Å². The zero-order chi connectivity index (χ0) is 17.0. The van der Waals surface area contributed by atoms with Crippen molar-refractivity contribution in [3.05, 3.63) is 65.7 Å². The lowest BCUT2D eigenvalue weighted by molar-refractivity contribution is -0.143.